The Morgan fingerprint density at radius 3 is 2.59 bits per heavy atom. The summed E-state index contributed by atoms with van der Waals surface area (Å²) in [6, 6.07) is 9.55. The van der Waals surface area contributed by atoms with Gasteiger partial charge in [0.1, 0.15) is 0 Å². The molecule has 0 aromatic heterocycles. The van der Waals surface area contributed by atoms with Crippen molar-refractivity contribution in [3.8, 4) is 0 Å². The first-order valence-electron chi connectivity index (χ1n) is 7.15. The number of morpholine rings is 1. The number of rotatable bonds is 6. The number of urea groups is 1. The molecule has 1 aromatic carbocycles. The lowest BCUT2D eigenvalue weighted by Crippen LogP contribution is -2.48. The summed E-state index contributed by atoms with van der Waals surface area (Å²) in [6.45, 7) is 2.12. The molecule has 1 aromatic rings. The van der Waals surface area contributed by atoms with E-state index in [0.717, 1.165) is 5.56 Å². The molecule has 7 heteroatoms. The minimum atomic E-state index is -0.923. The predicted octanol–water partition coefficient (Wildman–Crippen LogP) is 1.76. The number of ether oxygens (including phenoxy) is 1. The van der Waals surface area contributed by atoms with Crippen molar-refractivity contribution in [2.45, 2.75) is 17.5 Å². The van der Waals surface area contributed by atoms with Crippen LogP contribution in [0.5, 0.6) is 0 Å². The smallest absolute Gasteiger partial charge is 0.318 e. The maximum absolute atomic E-state index is 12.2. The van der Waals surface area contributed by atoms with Gasteiger partial charge in [0, 0.05) is 18.8 Å². The number of aliphatic carboxylic acids is 1. The van der Waals surface area contributed by atoms with Crippen LogP contribution in [0.2, 0.25) is 0 Å². The normalized spacial score (nSPS) is 16.1. The lowest BCUT2D eigenvalue weighted by molar-refractivity contribution is -0.137. The van der Waals surface area contributed by atoms with E-state index in [-0.39, 0.29) is 12.5 Å². The molecular weight excluding hydrogens is 304 g/mol. The van der Waals surface area contributed by atoms with Gasteiger partial charge in [-0.05, 0) is 5.56 Å². The fourth-order valence-electron chi connectivity index (χ4n) is 2.08. The van der Waals surface area contributed by atoms with Crippen molar-refractivity contribution in [3.63, 3.8) is 0 Å². The van der Waals surface area contributed by atoms with Gasteiger partial charge in [0.15, 0.2) is 0 Å². The van der Waals surface area contributed by atoms with Gasteiger partial charge < -0.3 is 20.1 Å². The summed E-state index contributed by atoms with van der Waals surface area (Å²) >= 11 is 1.42. The Kier molecular flexibility index (Phi) is 6.54. The molecule has 0 spiro atoms. The van der Waals surface area contributed by atoms with Crippen LogP contribution in [0.3, 0.4) is 0 Å². The van der Waals surface area contributed by atoms with Gasteiger partial charge in [-0.25, -0.2) is 4.79 Å². The molecule has 0 radical (unpaired) electrons. The first kappa shape index (κ1) is 16.6. The third-order valence-corrected chi connectivity index (χ3v) is 4.42. The van der Waals surface area contributed by atoms with Crippen LogP contribution in [0.25, 0.3) is 0 Å². The molecule has 1 fully saturated rings. The lowest BCUT2D eigenvalue weighted by atomic mass is 10.2. The second-order valence-corrected chi connectivity index (χ2v) is 6.12. The number of nitrogens with one attached hydrogen (secondary N) is 1. The van der Waals surface area contributed by atoms with Crippen LogP contribution in [0.4, 0.5) is 4.79 Å². The van der Waals surface area contributed by atoms with Gasteiger partial charge in [-0.2, -0.15) is 0 Å². The van der Waals surface area contributed by atoms with E-state index in [9.17, 15) is 9.59 Å². The highest BCUT2D eigenvalue weighted by Crippen LogP contribution is 2.19. The van der Waals surface area contributed by atoms with Crippen LogP contribution in [0, 0.1) is 0 Å². The molecule has 2 amide bonds. The first-order valence-corrected chi connectivity index (χ1v) is 8.20. The van der Waals surface area contributed by atoms with Crippen molar-refractivity contribution < 1.29 is 19.4 Å². The van der Waals surface area contributed by atoms with Crippen LogP contribution < -0.4 is 5.32 Å². The highest BCUT2D eigenvalue weighted by molar-refractivity contribution is 7.99. The minimum Gasteiger partial charge on any atom is -0.481 e. The van der Waals surface area contributed by atoms with Crippen molar-refractivity contribution in [2.24, 2.45) is 0 Å². The van der Waals surface area contributed by atoms with Gasteiger partial charge in [0.05, 0.1) is 25.0 Å². The van der Waals surface area contributed by atoms with Gasteiger partial charge in [-0.3, -0.25) is 4.79 Å². The van der Waals surface area contributed by atoms with Gasteiger partial charge in [0.25, 0.3) is 0 Å². The highest BCUT2D eigenvalue weighted by atomic mass is 32.2. The molecule has 0 saturated carbocycles. The summed E-state index contributed by atoms with van der Waals surface area (Å²) in [7, 11) is 0. The number of amides is 2. The maximum Gasteiger partial charge on any atom is 0.318 e. The Hall–Kier alpha value is -1.73. The molecule has 6 nitrogen and oxygen atoms in total. The third kappa shape index (κ3) is 5.57. The number of thioether (sulfide) groups is 1. The Balaban J connectivity index is 1.87. The van der Waals surface area contributed by atoms with Crippen molar-refractivity contribution >= 4 is 23.8 Å². The lowest BCUT2D eigenvalue weighted by Gasteiger charge is -2.28. The van der Waals surface area contributed by atoms with E-state index in [4.69, 9.17) is 9.84 Å². The zero-order valence-corrected chi connectivity index (χ0v) is 13.1. The SMILES string of the molecule is O=C(O)CC(NC(=O)N1CCOCC1)SCc1ccccc1. The first-order chi connectivity index (χ1) is 10.6. The zero-order valence-electron chi connectivity index (χ0n) is 12.2. The number of hydrogen-bond donors (Lipinski definition) is 2. The number of carboxylic acid groups (broad SMARTS) is 1. The molecule has 1 unspecified atom stereocenters. The van der Waals surface area contributed by atoms with Crippen molar-refractivity contribution in [2.75, 3.05) is 26.3 Å². The Labute approximate surface area is 133 Å². The summed E-state index contributed by atoms with van der Waals surface area (Å²) in [4.78, 5) is 24.8. The van der Waals surface area contributed by atoms with Crippen LogP contribution in [-0.4, -0.2) is 53.7 Å². The summed E-state index contributed by atoms with van der Waals surface area (Å²) in [5, 5.41) is 11.4. The van der Waals surface area contributed by atoms with E-state index in [0.29, 0.717) is 32.1 Å². The monoisotopic (exact) mass is 324 g/mol. The maximum atomic E-state index is 12.2. The van der Waals surface area contributed by atoms with E-state index in [1.807, 2.05) is 30.3 Å². The molecule has 0 bridgehead atoms. The van der Waals surface area contributed by atoms with Gasteiger partial charge in [-0.15, -0.1) is 11.8 Å². The van der Waals surface area contributed by atoms with Crippen LogP contribution >= 0.6 is 11.8 Å². The number of nitrogens with zero attached hydrogens (tertiary/aromatic N) is 1. The third-order valence-electron chi connectivity index (χ3n) is 3.24. The molecular formula is C15H20N2O4S. The van der Waals surface area contributed by atoms with Gasteiger partial charge >= 0.3 is 12.0 Å². The van der Waals surface area contributed by atoms with Gasteiger partial charge in [0.2, 0.25) is 0 Å². The zero-order chi connectivity index (χ0) is 15.8. The van der Waals surface area contributed by atoms with Crippen LogP contribution in [0.1, 0.15) is 12.0 Å². The second kappa shape index (κ2) is 8.65. The second-order valence-electron chi connectivity index (χ2n) is 4.93. The van der Waals surface area contributed by atoms with E-state index in [2.05, 4.69) is 5.32 Å². The molecule has 1 aliphatic heterocycles. The van der Waals surface area contributed by atoms with Crippen LogP contribution in [0.15, 0.2) is 30.3 Å². The van der Waals surface area contributed by atoms with Gasteiger partial charge in [-0.1, -0.05) is 30.3 Å². The Bertz CT molecular complexity index is 492. The van der Waals surface area contributed by atoms with Crippen molar-refractivity contribution in [1.82, 2.24) is 10.2 Å². The Morgan fingerprint density at radius 2 is 1.95 bits per heavy atom. The highest BCUT2D eigenvalue weighted by Gasteiger charge is 2.22. The summed E-state index contributed by atoms with van der Waals surface area (Å²) in [6.07, 6.45) is -0.104. The molecule has 120 valence electrons. The Morgan fingerprint density at radius 1 is 1.27 bits per heavy atom. The molecule has 2 N–H and O–H groups in total. The summed E-state index contributed by atoms with van der Waals surface area (Å²) < 4.78 is 5.20. The van der Waals surface area contributed by atoms with E-state index >= 15 is 0 Å². The van der Waals surface area contributed by atoms with Crippen molar-refractivity contribution in [1.29, 1.82) is 0 Å². The fraction of sp³-hybridized carbons (Fsp3) is 0.467. The number of hydrogen-bond acceptors (Lipinski definition) is 4. The number of carboxylic acids is 1. The average molecular weight is 324 g/mol. The molecule has 0 aliphatic carbocycles. The van der Waals surface area contributed by atoms with E-state index in [1.54, 1.807) is 4.90 Å². The molecule has 1 saturated heterocycles. The predicted molar refractivity (Wildman–Crippen MR) is 84.7 cm³/mol. The largest absolute Gasteiger partial charge is 0.481 e. The van der Waals surface area contributed by atoms with E-state index in [1.165, 1.54) is 11.8 Å². The fourth-order valence-corrected chi connectivity index (χ4v) is 3.11. The summed E-state index contributed by atoms with van der Waals surface area (Å²) in [5.41, 5.74) is 1.10. The molecule has 22 heavy (non-hydrogen) atoms. The molecule has 1 atom stereocenters. The van der Waals surface area contributed by atoms with Crippen LogP contribution in [-0.2, 0) is 15.3 Å². The average Bonchev–Trinajstić information content (AvgIpc) is 2.54. The number of carbonyl (C=O) groups excluding carboxylic acids is 1. The number of benzene rings is 1. The standard InChI is InChI=1S/C15H20N2O4S/c18-14(19)10-13(22-11-12-4-2-1-3-5-12)16-15(20)17-6-8-21-9-7-17/h1-5,13H,6-11H2,(H,16,20)(H,18,19). The number of carbonyl (C=O) groups is 2. The minimum absolute atomic E-state index is 0.104. The van der Waals surface area contributed by atoms with Crippen molar-refractivity contribution in [3.05, 3.63) is 35.9 Å². The molecule has 1 heterocycles. The quantitative estimate of drug-likeness (QED) is 0.780. The van der Waals surface area contributed by atoms with E-state index < -0.39 is 11.3 Å². The topological polar surface area (TPSA) is 78.9 Å². The summed E-state index contributed by atoms with van der Waals surface area (Å²) in [5.74, 6) is -0.268. The molecule has 1 aliphatic rings. The molecule has 2 rings (SSSR count).